The van der Waals surface area contributed by atoms with Gasteiger partial charge in [-0.1, -0.05) is 32.9 Å². The van der Waals surface area contributed by atoms with Crippen LogP contribution in [0.4, 0.5) is 5.69 Å². The van der Waals surface area contributed by atoms with E-state index in [0.717, 1.165) is 5.56 Å². The summed E-state index contributed by atoms with van der Waals surface area (Å²) in [6.07, 6.45) is 1.37. The fraction of sp³-hybridized carbons (Fsp3) is 0.316. The first-order valence-electron chi connectivity index (χ1n) is 8.24. The quantitative estimate of drug-likeness (QED) is 0.737. The zero-order chi connectivity index (χ0) is 19.2. The Morgan fingerprint density at radius 3 is 2.15 bits per heavy atom. The molecule has 3 N–H and O–H groups in total. The molecule has 0 atom stereocenters. The van der Waals surface area contributed by atoms with Gasteiger partial charge in [-0.3, -0.25) is 14.4 Å². The standard InChI is InChI=1S/C19H23N3O4/c1-19(2,3)13-6-8-14(9-7-13)22-17(24)12-20-16(23)11-21-18(25)15-5-4-10-26-15/h4-10H,11-12H2,1-3H3,(H,20,23)(H,21,25)(H,22,24). The number of carbonyl (C=O) groups is 3. The molecule has 1 heterocycles. The van der Waals surface area contributed by atoms with E-state index < -0.39 is 11.8 Å². The third-order valence-electron chi connectivity index (χ3n) is 3.64. The molecule has 0 spiro atoms. The Bertz CT molecular complexity index is 759. The van der Waals surface area contributed by atoms with Crippen molar-refractivity contribution < 1.29 is 18.8 Å². The van der Waals surface area contributed by atoms with Gasteiger partial charge in [0.1, 0.15) is 0 Å². The number of benzene rings is 1. The number of hydrogen-bond acceptors (Lipinski definition) is 4. The maximum atomic E-state index is 11.9. The molecule has 138 valence electrons. The van der Waals surface area contributed by atoms with Crippen LogP contribution >= 0.6 is 0 Å². The molecule has 0 aliphatic carbocycles. The summed E-state index contributed by atoms with van der Waals surface area (Å²) in [7, 11) is 0. The average molecular weight is 357 g/mol. The van der Waals surface area contributed by atoms with Gasteiger partial charge in [0.15, 0.2) is 5.76 Å². The Hall–Kier alpha value is -3.09. The van der Waals surface area contributed by atoms with E-state index in [9.17, 15) is 14.4 Å². The highest BCUT2D eigenvalue weighted by Crippen LogP contribution is 2.23. The molecule has 7 heteroatoms. The summed E-state index contributed by atoms with van der Waals surface area (Å²) >= 11 is 0. The molecule has 0 aliphatic rings. The summed E-state index contributed by atoms with van der Waals surface area (Å²) in [5.74, 6) is -1.19. The van der Waals surface area contributed by atoms with Crippen LogP contribution in [-0.4, -0.2) is 30.8 Å². The molecule has 0 unspecified atom stereocenters. The van der Waals surface area contributed by atoms with Gasteiger partial charge in [0.05, 0.1) is 19.4 Å². The van der Waals surface area contributed by atoms with Crippen molar-refractivity contribution in [3.05, 3.63) is 54.0 Å². The Kier molecular flexibility index (Phi) is 6.16. The highest BCUT2D eigenvalue weighted by molar-refractivity contribution is 5.96. The molecule has 0 radical (unpaired) electrons. The zero-order valence-electron chi connectivity index (χ0n) is 15.1. The molecule has 2 aromatic rings. The van der Waals surface area contributed by atoms with E-state index >= 15 is 0 Å². The van der Waals surface area contributed by atoms with Crippen molar-refractivity contribution in [1.29, 1.82) is 0 Å². The van der Waals surface area contributed by atoms with Crippen molar-refractivity contribution >= 4 is 23.4 Å². The van der Waals surface area contributed by atoms with Crippen molar-refractivity contribution in [1.82, 2.24) is 10.6 Å². The van der Waals surface area contributed by atoms with E-state index in [1.165, 1.54) is 12.3 Å². The Morgan fingerprint density at radius 1 is 0.923 bits per heavy atom. The number of rotatable bonds is 6. The van der Waals surface area contributed by atoms with Gasteiger partial charge >= 0.3 is 0 Å². The molecule has 26 heavy (non-hydrogen) atoms. The molecular formula is C19H23N3O4. The van der Waals surface area contributed by atoms with Gasteiger partial charge in [-0.15, -0.1) is 0 Å². The lowest BCUT2D eigenvalue weighted by molar-refractivity contribution is -0.123. The lowest BCUT2D eigenvalue weighted by atomic mass is 9.87. The predicted octanol–water partition coefficient (Wildman–Crippen LogP) is 2.06. The van der Waals surface area contributed by atoms with E-state index in [4.69, 9.17) is 4.42 Å². The van der Waals surface area contributed by atoms with Crippen LogP contribution in [0.3, 0.4) is 0 Å². The van der Waals surface area contributed by atoms with Crippen molar-refractivity contribution in [2.75, 3.05) is 18.4 Å². The average Bonchev–Trinajstić information content (AvgIpc) is 3.12. The van der Waals surface area contributed by atoms with Crippen LogP contribution < -0.4 is 16.0 Å². The first-order valence-corrected chi connectivity index (χ1v) is 8.24. The summed E-state index contributed by atoms with van der Waals surface area (Å²) in [6, 6.07) is 10.6. The molecule has 0 bridgehead atoms. The summed E-state index contributed by atoms with van der Waals surface area (Å²) in [6.45, 7) is 5.91. The molecule has 0 saturated heterocycles. The van der Waals surface area contributed by atoms with E-state index in [0.29, 0.717) is 5.69 Å². The number of carbonyl (C=O) groups excluding carboxylic acids is 3. The van der Waals surface area contributed by atoms with Gasteiger partial charge in [-0.05, 0) is 35.2 Å². The van der Waals surface area contributed by atoms with Gasteiger partial charge in [-0.25, -0.2) is 0 Å². The largest absolute Gasteiger partial charge is 0.459 e. The topological polar surface area (TPSA) is 100 Å². The van der Waals surface area contributed by atoms with Gasteiger partial charge < -0.3 is 20.4 Å². The van der Waals surface area contributed by atoms with Crippen molar-refractivity contribution in [2.45, 2.75) is 26.2 Å². The van der Waals surface area contributed by atoms with E-state index in [1.807, 2.05) is 24.3 Å². The molecule has 1 aromatic heterocycles. The van der Waals surface area contributed by atoms with Gasteiger partial charge in [-0.2, -0.15) is 0 Å². The second-order valence-corrected chi connectivity index (χ2v) is 6.81. The Balaban J connectivity index is 1.72. The minimum atomic E-state index is -0.492. The first-order chi connectivity index (χ1) is 12.3. The fourth-order valence-electron chi connectivity index (χ4n) is 2.16. The van der Waals surface area contributed by atoms with Gasteiger partial charge in [0, 0.05) is 5.69 Å². The van der Waals surface area contributed by atoms with E-state index in [1.54, 1.807) is 6.07 Å². The molecule has 0 saturated carbocycles. The van der Waals surface area contributed by atoms with Gasteiger partial charge in [0.25, 0.3) is 5.91 Å². The highest BCUT2D eigenvalue weighted by Gasteiger charge is 2.14. The SMILES string of the molecule is CC(C)(C)c1ccc(NC(=O)CNC(=O)CNC(=O)c2ccco2)cc1. The second-order valence-electron chi connectivity index (χ2n) is 6.81. The molecule has 0 fully saturated rings. The fourth-order valence-corrected chi connectivity index (χ4v) is 2.16. The summed E-state index contributed by atoms with van der Waals surface area (Å²) in [5, 5.41) is 7.55. The van der Waals surface area contributed by atoms with Gasteiger partial charge in [0.2, 0.25) is 11.8 Å². The number of nitrogens with one attached hydrogen (secondary N) is 3. The third kappa shape index (κ3) is 5.77. The summed E-state index contributed by atoms with van der Waals surface area (Å²) in [4.78, 5) is 35.2. The van der Waals surface area contributed by atoms with Crippen LogP contribution in [0.5, 0.6) is 0 Å². The smallest absolute Gasteiger partial charge is 0.287 e. The lowest BCUT2D eigenvalue weighted by Gasteiger charge is -2.19. The van der Waals surface area contributed by atoms with Crippen molar-refractivity contribution in [3.8, 4) is 0 Å². The number of anilines is 1. The van der Waals surface area contributed by atoms with Crippen LogP contribution in [0.2, 0.25) is 0 Å². The molecule has 2 rings (SSSR count). The second kappa shape index (κ2) is 8.33. The van der Waals surface area contributed by atoms with E-state index in [2.05, 4.69) is 36.7 Å². The van der Waals surface area contributed by atoms with Crippen molar-refractivity contribution in [2.24, 2.45) is 0 Å². The van der Waals surface area contributed by atoms with E-state index in [-0.39, 0.29) is 30.2 Å². The molecule has 1 aromatic carbocycles. The number of hydrogen-bond donors (Lipinski definition) is 3. The molecular weight excluding hydrogens is 334 g/mol. The normalized spacial score (nSPS) is 10.9. The summed E-state index contributed by atoms with van der Waals surface area (Å²) in [5.41, 5.74) is 1.86. The van der Waals surface area contributed by atoms with Crippen LogP contribution in [-0.2, 0) is 15.0 Å². The lowest BCUT2D eigenvalue weighted by Crippen LogP contribution is -2.40. The Labute approximate surface area is 152 Å². The zero-order valence-corrected chi connectivity index (χ0v) is 15.1. The molecule has 0 aliphatic heterocycles. The number of furan rings is 1. The maximum Gasteiger partial charge on any atom is 0.287 e. The monoisotopic (exact) mass is 357 g/mol. The first kappa shape index (κ1) is 19.2. The number of amides is 3. The van der Waals surface area contributed by atoms with Crippen LogP contribution in [0, 0.1) is 0 Å². The third-order valence-corrected chi connectivity index (χ3v) is 3.64. The minimum Gasteiger partial charge on any atom is -0.459 e. The van der Waals surface area contributed by atoms with Crippen LogP contribution in [0.15, 0.2) is 47.1 Å². The highest BCUT2D eigenvalue weighted by atomic mass is 16.3. The maximum absolute atomic E-state index is 11.9. The molecule has 3 amide bonds. The van der Waals surface area contributed by atoms with Crippen LogP contribution in [0.25, 0.3) is 0 Å². The minimum absolute atomic E-state index is 0.0383. The van der Waals surface area contributed by atoms with Crippen molar-refractivity contribution in [3.63, 3.8) is 0 Å². The van der Waals surface area contributed by atoms with Crippen LogP contribution in [0.1, 0.15) is 36.9 Å². The summed E-state index contributed by atoms with van der Waals surface area (Å²) < 4.78 is 4.91. The molecule has 7 nitrogen and oxygen atoms in total. The Morgan fingerprint density at radius 2 is 1.58 bits per heavy atom. The predicted molar refractivity (Wildman–Crippen MR) is 97.8 cm³/mol.